The van der Waals surface area contributed by atoms with Gasteiger partial charge in [-0.1, -0.05) is 18.5 Å². The summed E-state index contributed by atoms with van der Waals surface area (Å²) in [5.41, 5.74) is 0.515. The molecule has 0 heterocycles. The number of hydrogen-bond donors (Lipinski definition) is 0. The molecule has 0 unspecified atom stereocenters. The molecule has 0 aliphatic rings. The first-order valence-electron chi connectivity index (χ1n) is 6.31. The molecule has 0 aliphatic carbocycles. The molecule has 0 atom stereocenters. The summed E-state index contributed by atoms with van der Waals surface area (Å²) in [6, 6.07) is 5.00. The highest BCUT2D eigenvalue weighted by molar-refractivity contribution is 9.10. The van der Waals surface area contributed by atoms with Gasteiger partial charge in [0.15, 0.2) is 0 Å². The highest BCUT2D eigenvalue weighted by Gasteiger charge is 2.19. The summed E-state index contributed by atoms with van der Waals surface area (Å²) in [5, 5.41) is 0.549. The van der Waals surface area contributed by atoms with Crippen LogP contribution in [0.3, 0.4) is 0 Å². The fourth-order valence-electron chi connectivity index (χ4n) is 1.64. The third-order valence-electron chi connectivity index (χ3n) is 2.77. The lowest BCUT2D eigenvalue weighted by Crippen LogP contribution is -2.40. The first-order valence-corrected chi connectivity index (χ1v) is 7.48. The zero-order valence-corrected chi connectivity index (χ0v) is 14.2. The first-order chi connectivity index (χ1) is 9.36. The smallest absolute Gasteiger partial charge is 0.254 e. The molecule has 20 heavy (non-hydrogen) atoms. The number of rotatable bonds is 5. The van der Waals surface area contributed by atoms with Gasteiger partial charge in [0.2, 0.25) is 5.91 Å². The number of nitrogens with zero attached hydrogens (tertiary/aromatic N) is 2. The Morgan fingerprint density at radius 2 is 1.95 bits per heavy atom. The third kappa shape index (κ3) is 4.49. The fourth-order valence-corrected chi connectivity index (χ4v) is 2.14. The van der Waals surface area contributed by atoms with Gasteiger partial charge >= 0.3 is 0 Å². The average molecular weight is 362 g/mol. The van der Waals surface area contributed by atoms with Crippen LogP contribution in [-0.2, 0) is 4.79 Å². The highest BCUT2D eigenvalue weighted by Crippen LogP contribution is 2.23. The summed E-state index contributed by atoms with van der Waals surface area (Å²) in [7, 11) is 3.35. The molecule has 1 aromatic rings. The molecule has 0 aliphatic heterocycles. The van der Waals surface area contributed by atoms with Crippen LogP contribution < -0.4 is 0 Å². The zero-order chi connectivity index (χ0) is 15.3. The molecule has 0 radical (unpaired) electrons. The van der Waals surface area contributed by atoms with Crippen molar-refractivity contribution in [3.05, 3.63) is 33.3 Å². The molecule has 1 rings (SSSR count). The van der Waals surface area contributed by atoms with Crippen molar-refractivity contribution in [1.29, 1.82) is 0 Å². The van der Waals surface area contributed by atoms with E-state index in [1.54, 1.807) is 37.2 Å². The molecule has 1 aromatic carbocycles. The quantitative estimate of drug-likeness (QED) is 0.809. The highest BCUT2D eigenvalue weighted by atomic mass is 79.9. The zero-order valence-electron chi connectivity index (χ0n) is 11.8. The summed E-state index contributed by atoms with van der Waals surface area (Å²) in [4.78, 5) is 27.3. The monoisotopic (exact) mass is 360 g/mol. The van der Waals surface area contributed by atoms with Crippen LogP contribution in [0.4, 0.5) is 0 Å². The van der Waals surface area contributed by atoms with Crippen molar-refractivity contribution >= 4 is 39.3 Å². The fraction of sp³-hybridized carbons (Fsp3) is 0.429. The number of likely N-dealkylation sites (N-methyl/N-ethyl adjacent to an activating group) is 1. The van der Waals surface area contributed by atoms with E-state index in [1.165, 1.54) is 4.90 Å². The average Bonchev–Trinajstić information content (AvgIpc) is 2.40. The topological polar surface area (TPSA) is 40.6 Å². The number of carbonyl (C=O) groups is 2. The van der Waals surface area contributed by atoms with Crippen molar-refractivity contribution in [1.82, 2.24) is 9.80 Å². The molecular formula is C14H18BrClN2O2. The van der Waals surface area contributed by atoms with E-state index in [0.717, 1.165) is 6.42 Å². The van der Waals surface area contributed by atoms with Crippen LogP contribution >= 0.6 is 27.5 Å². The molecule has 2 amide bonds. The summed E-state index contributed by atoms with van der Waals surface area (Å²) in [5.74, 6) is -0.265. The molecular weight excluding hydrogens is 344 g/mol. The summed E-state index contributed by atoms with van der Waals surface area (Å²) in [6.45, 7) is 2.59. The van der Waals surface area contributed by atoms with Crippen molar-refractivity contribution in [3.8, 4) is 0 Å². The van der Waals surface area contributed by atoms with Gasteiger partial charge in [-0.05, 0) is 40.5 Å². The molecule has 0 saturated carbocycles. The molecule has 4 nitrogen and oxygen atoms in total. The standard InChI is InChI=1S/C14H18BrClN2O2/c1-4-7-18(9-13(19)17(2)3)14(20)10-5-6-12(16)11(15)8-10/h5-6,8H,4,7,9H2,1-3H3. The maximum Gasteiger partial charge on any atom is 0.254 e. The van der Waals surface area contributed by atoms with Gasteiger partial charge in [0.25, 0.3) is 5.91 Å². The van der Waals surface area contributed by atoms with Crippen LogP contribution in [0.5, 0.6) is 0 Å². The Bertz CT molecular complexity index is 506. The van der Waals surface area contributed by atoms with E-state index < -0.39 is 0 Å². The van der Waals surface area contributed by atoms with Gasteiger partial charge in [-0.25, -0.2) is 0 Å². The molecule has 0 bridgehead atoms. The van der Waals surface area contributed by atoms with Crippen molar-refractivity contribution in [3.63, 3.8) is 0 Å². The van der Waals surface area contributed by atoms with Crippen molar-refractivity contribution in [2.24, 2.45) is 0 Å². The minimum atomic E-state index is -0.167. The van der Waals surface area contributed by atoms with E-state index >= 15 is 0 Å². The normalized spacial score (nSPS) is 10.2. The molecule has 0 aromatic heterocycles. The van der Waals surface area contributed by atoms with Crippen LogP contribution in [0.25, 0.3) is 0 Å². The Morgan fingerprint density at radius 1 is 1.30 bits per heavy atom. The SMILES string of the molecule is CCCN(CC(=O)N(C)C)C(=O)c1ccc(Cl)c(Br)c1. The van der Waals surface area contributed by atoms with Gasteiger partial charge in [-0.3, -0.25) is 9.59 Å². The van der Waals surface area contributed by atoms with E-state index in [1.807, 2.05) is 6.92 Å². The van der Waals surface area contributed by atoms with Crippen molar-refractivity contribution in [2.45, 2.75) is 13.3 Å². The van der Waals surface area contributed by atoms with E-state index in [2.05, 4.69) is 15.9 Å². The van der Waals surface area contributed by atoms with Gasteiger partial charge in [0, 0.05) is 30.7 Å². The Morgan fingerprint density at radius 3 is 2.45 bits per heavy atom. The molecule has 0 fully saturated rings. The number of hydrogen-bond acceptors (Lipinski definition) is 2. The number of halogens is 2. The molecule has 0 spiro atoms. The van der Waals surface area contributed by atoms with Gasteiger partial charge in [0.05, 0.1) is 5.02 Å². The Hall–Kier alpha value is -1.07. The largest absolute Gasteiger partial charge is 0.347 e. The van der Waals surface area contributed by atoms with Crippen LogP contribution in [0.15, 0.2) is 22.7 Å². The number of benzene rings is 1. The van der Waals surface area contributed by atoms with E-state index in [4.69, 9.17) is 11.6 Å². The van der Waals surface area contributed by atoms with Crippen LogP contribution in [-0.4, -0.2) is 48.8 Å². The third-order valence-corrected chi connectivity index (χ3v) is 3.99. The second-order valence-electron chi connectivity index (χ2n) is 4.64. The van der Waals surface area contributed by atoms with Crippen molar-refractivity contribution < 1.29 is 9.59 Å². The second kappa shape index (κ2) is 7.64. The maximum atomic E-state index is 12.4. The van der Waals surface area contributed by atoms with Gasteiger partial charge in [-0.2, -0.15) is 0 Å². The minimum Gasteiger partial charge on any atom is -0.347 e. The first kappa shape index (κ1) is 17.0. The van der Waals surface area contributed by atoms with E-state index in [0.29, 0.717) is 21.6 Å². The maximum absolute atomic E-state index is 12.4. The Kier molecular flexibility index (Phi) is 6.49. The summed E-state index contributed by atoms with van der Waals surface area (Å²) in [6.07, 6.45) is 0.793. The lowest BCUT2D eigenvalue weighted by atomic mass is 10.2. The van der Waals surface area contributed by atoms with Crippen LogP contribution in [0, 0.1) is 0 Å². The minimum absolute atomic E-state index is 0.0833. The lowest BCUT2D eigenvalue weighted by molar-refractivity contribution is -0.129. The number of carbonyl (C=O) groups excluding carboxylic acids is 2. The summed E-state index contributed by atoms with van der Waals surface area (Å²) >= 11 is 9.22. The Balaban J connectivity index is 2.92. The number of amides is 2. The lowest BCUT2D eigenvalue weighted by Gasteiger charge is -2.23. The van der Waals surface area contributed by atoms with Crippen LogP contribution in [0.1, 0.15) is 23.7 Å². The second-order valence-corrected chi connectivity index (χ2v) is 5.91. The van der Waals surface area contributed by atoms with Gasteiger partial charge < -0.3 is 9.80 Å². The molecule has 6 heteroatoms. The molecule has 0 N–H and O–H groups in total. The van der Waals surface area contributed by atoms with Crippen LogP contribution in [0.2, 0.25) is 5.02 Å². The Labute approximate surface area is 132 Å². The molecule has 0 saturated heterocycles. The molecule has 110 valence electrons. The summed E-state index contributed by atoms with van der Waals surface area (Å²) < 4.78 is 0.667. The van der Waals surface area contributed by atoms with E-state index in [-0.39, 0.29) is 18.4 Å². The van der Waals surface area contributed by atoms with Crippen molar-refractivity contribution in [2.75, 3.05) is 27.2 Å². The van der Waals surface area contributed by atoms with Gasteiger partial charge in [0.1, 0.15) is 6.54 Å². The predicted molar refractivity (Wildman–Crippen MR) is 84.0 cm³/mol. The van der Waals surface area contributed by atoms with Gasteiger partial charge in [-0.15, -0.1) is 0 Å². The predicted octanol–water partition coefficient (Wildman–Crippen LogP) is 3.04. The van der Waals surface area contributed by atoms with E-state index in [9.17, 15) is 9.59 Å².